The lowest BCUT2D eigenvalue weighted by Gasteiger charge is -2.25. The largest absolute Gasteiger partial charge is 0.324 e. The SMILES string of the molecule is Cc1cc(C)cc(N(CC(=O)Nc2ccc(Cl)cc2C)S(=O)(=O)c2ccccc2)c1. The van der Waals surface area contributed by atoms with E-state index in [2.05, 4.69) is 5.32 Å². The van der Waals surface area contributed by atoms with Gasteiger partial charge in [-0.05, 0) is 79.9 Å². The van der Waals surface area contributed by atoms with E-state index in [1.54, 1.807) is 48.5 Å². The lowest BCUT2D eigenvalue weighted by atomic mass is 10.1. The van der Waals surface area contributed by atoms with Crippen molar-refractivity contribution < 1.29 is 13.2 Å². The molecule has 0 saturated heterocycles. The van der Waals surface area contributed by atoms with Gasteiger partial charge < -0.3 is 5.32 Å². The predicted molar refractivity (Wildman–Crippen MR) is 122 cm³/mol. The first kappa shape index (κ1) is 21.9. The van der Waals surface area contributed by atoms with Crippen LogP contribution in [0.15, 0.2) is 71.6 Å². The van der Waals surface area contributed by atoms with Gasteiger partial charge >= 0.3 is 0 Å². The monoisotopic (exact) mass is 442 g/mol. The molecule has 0 bridgehead atoms. The minimum Gasteiger partial charge on any atom is -0.324 e. The van der Waals surface area contributed by atoms with E-state index < -0.39 is 15.9 Å². The normalized spacial score (nSPS) is 11.2. The number of carbonyl (C=O) groups excluding carboxylic acids is 1. The zero-order valence-corrected chi connectivity index (χ0v) is 18.6. The van der Waals surface area contributed by atoms with E-state index in [1.165, 1.54) is 12.1 Å². The summed E-state index contributed by atoms with van der Waals surface area (Å²) in [6.45, 7) is 5.24. The average Bonchev–Trinajstić information content (AvgIpc) is 2.68. The van der Waals surface area contributed by atoms with Crippen LogP contribution in [0.3, 0.4) is 0 Å². The Hall–Kier alpha value is -2.83. The molecule has 0 aliphatic carbocycles. The average molecular weight is 443 g/mol. The third-order valence-corrected chi connectivity index (χ3v) is 6.60. The molecule has 5 nitrogen and oxygen atoms in total. The second-order valence-electron chi connectivity index (χ2n) is 7.18. The van der Waals surface area contributed by atoms with Crippen LogP contribution in [0.5, 0.6) is 0 Å². The summed E-state index contributed by atoms with van der Waals surface area (Å²) < 4.78 is 27.9. The van der Waals surface area contributed by atoms with Gasteiger partial charge in [-0.3, -0.25) is 9.10 Å². The van der Waals surface area contributed by atoms with Crippen LogP contribution in [-0.4, -0.2) is 20.9 Å². The number of amides is 1. The summed E-state index contributed by atoms with van der Waals surface area (Å²) in [5, 5.41) is 3.35. The zero-order valence-electron chi connectivity index (χ0n) is 17.0. The topological polar surface area (TPSA) is 66.5 Å². The van der Waals surface area contributed by atoms with Crippen LogP contribution in [0, 0.1) is 20.8 Å². The van der Waals surface area contributed by atoms with Crippen LogP contribution < -0.4 is 9.62 Å². The number of anilines is 2. The van der Waals surface area contributed by atoms with Gasteiger partial charge in [0.1, 0.15) is 6.54 Å². The van der Waals surface area contributed by atoms with Crippen LogP contribution in [0.4, 0.5) is 11.4 Å². The van der Waals surface area contributed by atoms with E-state index >= 15 is 0 Å². The number of carbonyl (C=O) groups is 1. The Labute approximate surface area is 182 Å². The van der Waals surface area contributed by atoms with E-state index in [4.69, 9.17) is 11.6 Å². The summed E-state index contributed by atoms with van der Waals surface area (Å²) in [6.07, 6.45) is 0. The lowest BCUT2D eigenvalue weighted by Crippen LogP contribution is -2.38. The molecular weight excluding hydrogens is 420 g/mol. The number of halogens is 1. The van der Waals surface area contributed by atoms with Crippen molar-refractivity contribution in [3.8, 4) is 0 Å². The molecule has 0 spiro atoms. The number of hydrogen-bond acceptors (Lipinski definition) is 3. The number of benzene rings is 3. The Morgan fingerprint density at radius 1 is 0.933 bits per heavy atom. The molecular formula is C23H23ClN2O3S. The van der Waals surface area contributed by atoms with E-state index in [0.29, 0.717) is 16.4 Å². The van der Waals surface area contributed by atoms with Crippen LogP contribution in [0.2, 0.25) is 5.02 Å². The smallest absolute Gasteiger partial charge is 0.264 e. The Bertz CT molecular complexity index is 1160. The number of sulfonamides is 1. The van der Waals surface area contributed by atoms with Crippen LogP contribution in [0.25, 0.3) is 0 Å². The molecule has 0 atom stereocenters. The molecule has 30 heavy (non-hydrogen) atoms. The number of rotatable bonds is 6. The molecule has 0 saturated carbocycles. The van der Waals surface area contributed by atoms with Crippen molar-refractivity contribution >= 4 is 38.9 Å². The highest BCUT2D eigenvalue weighted by Gasteiger charge is 2.27. The van der Waals surface area contributed by atoms with Gasteiger partial charge in [-0.15, -0.1) is 0 Å². The zero-order chi connectivity index (χ0) is 21.9. The van der Waals surface area contributed by atoms with Gasteiger partial charge in [0.2, 0.25) is 5.91 Å². The standard InChI is InChI=1S/C23H23ClN2O3S/c1-16-11-17(2)13-20(12-16)26(30(28,29)21-7-5-4-6-8-21)15-23(27)25-22-10-9-19(24)14-18(22)3/h4-14H,15H2,1-3H3,(H,25,27). The van der Waals surface area contributed by atoms with E-state index in [0.717, 1.165) is 21.0 Å². The van der Waals surface area contributed by atoms with E-state index in [1.807, 2.05) is 26.8 Å². The molecule has 1 N–H and O–H groups in total. The van der Waals surface area contributed by atoms with Crippen molar-refractivity contribution in [3.63, 3.8) is 0 Å². The molecule has 0 aliphatic heterocycles. The van der Waals surface area contributed by atoms with Gasteiger partial charge in [0.15, 0.2) is 0 Å². The molecule has 1 amide bonds. The maximum atomic E-state index is 13.4. The molecule has 0 heterocycles. The molecule has 3 rings (SSSR count). The number of nitrogens with zero attached hydrogens (tertiary/aromatic N) is 1. The van der Waals surface area contributed by atoms with Crippen molar-refractivity contribution in [2.75, 3.05) is 16.2 Å². The van der Waals surface area contributed by atoms with Crippen molar-refractivity contribution in [2.45, 2.75) is 25.7 Å². The second kappa shape index (κ2) is 8.90. The molecule has 0 aliphatic rings. The quantitative estimate of drug-likeness (QED) is 0.577. The third-order valence-electron chi connectivity index (χ3n) is 4.58. The van der Waals surface area contributed by atoms with Crippen molar-refractivity contribution in [3.05, 3.63) is 88.4 Å². The van der Waals surface area contributed by atoms with Gasteiger partial charge in [0.05, 0.1) is 10.6 Å². The van der Waals surface area contributed by atoms with E-state index in [9.17, 15) is 13.2 Å². The molecule has 0 fully saturated rings. The van der Waals surface area contributed by atoms with Gasteiger partial charge in [-0.25, -0.2) is 8.42 Å². The summed E-state index contributed by atoms with van der Waals surface area (Å²) in [5.74, 6) is -0.445. The van der Waals surface area contributed by atoms with Crippen molar-refractivity contribution in [1.29, 1.82) is 0 Å². The molecule has 7 heteroatoms. The van der Waals surface area contributed by atoms with Crippen LogP contribution >= 0.6 is 11.6 Å². The van der Waals surface area contributed by atoms with Gasteiger partial charge in [0, 0.05) is 10.7 Å². The Morgan fingerprint density at radius 2 is 1.57 bits per heavy atom. The highest BCUT2D eigenvalue weighted by Crippen LogP contribution is 2.26. The first-order valence-corrected chi connectivity index (χ1v) is 11.2. The van der Waals surface area contributed by atoms with Crippen molar-refractivity contribution in [2.24, 2.45) is 0 Å². The fourth-order valence-corrected chi connectivity index (χ4v) is 4.87. The summed E-state index contributed by atoms with van der Waals surface area (Å²) in [7, 11) is -3.94. The summed E-state index contributed by atoms with van der Waals surface area (Å²) in [4.78, 5) is 13.0. The van der Waals surface area contributed by atoms with Crippen LogP contribution in [-0.2, 0) is 14.8 Å². The lowest BCUT2D eigenvalue weighted by molar-refractivity contribution is -0.114. The Morgan fingerprint density at radius 3 is 2.17 bits per heavy atom. The van der Waals surface area contributed by atoms with Gasteiger partial charge in [-0.1, -0.05) is 35.9 Å². The predicted octanol–water partition coefficient (Wildman–Crippen LogP) is 5.10. The molecule has 156 valence electrons. The number of hydrogen-bond donors (Lipinski definition) is 1. The maximum absolute atomic E-state index is 13.4. The Balaban J connectivity index is 1.98. The van der Waals surface area contributed by atoms with Gasteiger partial charge in [-0.2, -0.15) is 0 Å². The number of nitrogens with one attached hydrogen (secondary N) is 1. The molecule has 3 aromatic carbocycles. The molecule has 0 aromatic heterocycles. The highest BCUT2D eigenvalue weighted by molar-refractivity contribution is 7.92. The fourth-order valence-electron chi connectivity index (χ4n) is 3.22. The highest BCUT2D eigenvalue weighted by atomic mass is 35.5. The summed E-state index contributed by atoms with van der Waals surface area (Å²) in [6, 6.07) is 18.7. The number of aryl methyl sites for hydroxylation is 3. The molecule has 3 aromatic rings. The minimum atomic E-state index is -3.94. The van der Waals surface area contributed by atoms with Crippen LogP contribution in [0.1, 0.15) is 16.7 Å². The van der Waals surface area contributed by atoms with Gasteiger partial charge in [0.25, 0.3) is 10.0 Å². The Kier molecular flexibility index (Phi) is 6.48. The summed E-state index contributed by atoms with van der Waals surface area (Å²) in [5.41, 5.74) is 3.64. The van der Waals surface area contributed by atoms with Crippen molar-refractivity contribution in [1.82, 2.24) is 0 Å². The third kappa shape index (κ3) is 5.01. The fraction of sp³-hybridized carbons (Fsp3) is 0.174. The molecule has 0 radical (unpaired) electrons. The maximum Gasteiger partial charge on any atom is 0.264 e. The minimum absolute atomic E-state index is 0.125. The second-order valence-corrected chi connectivity index (χ2v) is 9.48. The molecule has 0 unspecified atom stereocenters. The first-order chi connectivity index (χ1) is 14.2. The first-order valence-electron chi connectivity index (χ1n) is 9.39. The summed E-state index contributed by atoms with van der Waals surface area (Å²) >= 11 is 5.97. The van der Waals surface area contributed by atoms with E-state index in [-0.39, 0.29) is 11.4 Å².